The molecule has 0 amide bonds. The summed E-state index contributed by atoms with van der Waals surface area (Å²) in [6.45, 7) is 4.41. The van der Waals surface area contributed by atoms with Crippen LogP contribution in [0.2, 0.25) is 0 Å². The van der Waals surface area contributed by atoms with Gasteiger partial charge in [0.1, 0.15) is 0 Å². The van der Waals surface area contributed by atoms with Crippen molar-refractivity contribution in [1.29, 1.82) is 0 Å². The van der Waals surface area contributed by atoms with Crippen LogP contribution in [0.25, 0.3) is 0 Å². The third-order valence-corrected chi connectivity index (χ3v) is 5.10. The molecule has 0 aliphatic heterocycles. The van der Waals surface area contributed by atoms with Crippen molar-refractivity contribution >= 4 is 31.9 Å². The van der Waals surface area contributed by atoms with Gasteiger partial charge in [0.25, 0.3) is 0 Å². The first-order valence-electron chi connectivity index (χ1n) is 4.77. The van der Waals surface area contributed by atoms with Gasteiger partial charge < -0.3 is 0 Å². The lowest BCUT2D eigenvalue weighted by Gasteiger charge is -2.24. The minimum absolute atomic E-state index is 0.315. The van der Waals surface area contributed by atoms with Crippen molar-refractivity contribution in [3.8, 4) is 0 Å². The molecule has 0 saturated heterocycles. The topological polar surface area (TPSA) is 0 Å². The average molecular weight is 320 g/mol. The second kappa shape index (κ2) is 5.32. The molecule has 0 fully saturated rings. The van der Waals surface area contributed by atoms with Crippen LogP contribution in [-0.2, 0) is 6.42 Å². The van der Waals surface area contributed by atoms with E-state index in [0.29, 0.717) is 5.41 Å². The normalized spacial score (nSPS) is 11.7. The van der Waals surface area contributed by atoms with Gasteiger partial charge in [-0.2, -0.15) is 0 Å². The van der Waals surface area contributed by atoms with E-state index in [1.54, 1.807) is 0 Å². The molecule has 2 heteroatoms. The minimum atomic E-state index is 0.315. The monoisotopic (exact) mass is 318 g/mol. The largest absolute Gasteiger partial charge is 0.0922 e. The number of aryl methyl sites for hydroxylation is 1. The van der Waals surface area contributed by atoms with E-state index in [1.807, 2.05) is 0 Å². The number of rotatable bonds is 4. The van der Waals surface area contributed by atoms with Crippen molar-refractivity contribution < 1.29 is 0 Å². The van der Waals surface area contributed by atoms with E-state index in [1.165, 1.54) is 11.1 Å². The van der Waals surface area contributed by atoms with Crippen LogP contribution in [0, 0.1) is 12.3 Å². The minimum Gasteiger partial charge on any atom is -0.0922 e. The first-order valence-corrected chi connectivity index (χ1v) is 7.01. The standard InChI is InChI=1S/C12H16Br2/c1-10-3-5-11(6-4-10)7-12(2,8-13)9-14/h3-6H,7-9H2,1-2H3. The molecule has 0 aliphatic carbocycles. The van der Waals surface area contributed by atoms with Crippen LogP contribution in [0.3, 0.4) is 0 Å². The van der Waals surface area contributed by atoms with Crippen molar-refractivity contribution in [2.75, 3.05) is 10.7 Å². The maximum absolute atomic E-state index is 3.57. The molecule has 78 valence electrons. The number of benzene rings is 1. The smallest absolute Gasteiger partial charge is 0.00965 e. The van der Waals surface area contributed by atoms with Crippen LogP contribution in [0.1, 0.15) is 18.1 Å². The van der Waals surface area contributed by atoms with Gasteiger partial charge in [0, 0.05) is 10.7 Å². The van der Waals surface area contributed by atoms with Crippen LogP contribution in [0.4, 0.5) is 0 Å². The van der Waals surface area contributed by atoms with Crippen LogP contribution < -0.4 is 0 Å². The fraction of sp³-hybridized carbons (Fsp3) is 0.500. The molecule has 0 aliphatic rings. The van der Waals surface area contributed by atoms with E-state index in [-0.39, 0.29) is 0 Å². The Morgan fingerprint density at radius 2 is 1.57 bits per heavy atom. The van der Waals surface area contributed by atoms with E-state index >= 15 is 0 Å². The highest BCUT2D eigenvalue weighted by molar-refractivity contribution is 9.09. The zero-order valence-electron chi connectivity index (χ0n) is 8.69. The van der Waals surface area contributed by atoms with Crippen LogP contribution in [0.15, 0.2) is 24.3 Å². The third-order valence-electron chi connectivity index (χ3n) is 2.40. The first-order chi connectivity index (χ1) is 6.59. The number of alkyl halides is 2. The molecule has 0 bridgehead atoms. The summed E-state index contributed by atoms with van der Waals surface area (Å²) in [6.07, 6.45) is 1.11. The first kappa shape index (κ1) is 12.3. The van der Waals surface area contributed by atoms with E-state index < -0.39 is 0 Å². The summed E-state index contributed by atoms with van der Waals surface area (Å²) >= 11 is 7.15. The highest BCUT2D eigenvalue weighted by Crippen LogP contribution is 2.27. The van der Waals surface area contributed by atoms with Crippen LogP contribution in [-0.4, -0.2) is 10.7 Å². The Balaban J connectivity index is 2.72. The summed E-state index contributed by atoms with van der Waals surface area (Å²) in [7, 11) is 0. The number of halogens is 2. The van der Waals surface area contributed by atoms with Gasteiger partial charge in [-0.3, -0.25) is 0 Å². The molecule has 1 aromatic rings. The maximum atomic E-state index is 3.57. The van der Waals surface area contributed by atoms with Gasteiger partial charge in [0.2, 0.25) is 0 Å². The molecule has 1 aromatic carbocycles. The van der Waals surface area contributed by atoms with E-state index in [4.69, 9.17) is 0 Å². The molecule has 0 radical (unpaired) electrons. The van der Waals surface area contributed by atoms with Crippen molar-refractivity contribution in [1.82, 2.24) is 0 Å². The summed E-state index contributed by atoms with van der Waals surface area (Å²) in [5.41, 5.74) is 3.06. The molecular formula is C12H16Br2. The highest BCUT2D eigenvalue weighted by atomic mass is 79.9. The summed E-state index contributed by atoms with van der Waals surface area (Å²) in [6, 6.07) is 8.80. The fourth-order valence-corrected chi connectivity index (χ4v) is 2.65. The molecule has 1 rings (SSSR count). The Bertz CT molecular complexity index is 273. The Hall–Kier alpha value is 0.180. The predicted octanol–water partition coefficient (Wildman–Crippen LogP) is 4.33. The van der Waals surface area contributed by atoms with Crippen LogP contribution >= 0.6 is 31.9 Å². The molecular weight excluding hydrogens is 304 g/mol. The van der Waals surface area contributed by atoms with Gasteiger partial charge in [-0.1, -0.05) is 68.6 Å². The lowest BCUT2D eigenvalue weighted by molar-refractivity contribution is 0.439. The molecule has 0 N–H and O–H groups in total. The second-order valence-corrected chi connectivity index (χ2v) is 5.36. The van der Waals surface area contributed by atoms with Gasteiger partial charge in [0.15, 0.2) is 0 Å². The number of hydrogen-bond donors (Lipinski definition) is 0. The van der Waals surface area contributed by atoms with Gasteiger partial charge in [-0.25, -0.2) is 0 Å². The average Bonchev–Trinajstić information content (AvgIpc) is 2.21. The summed E-state index contributed by atoms with van der Waals surface area (Å²) in [4.78, 5) is 0. The van der Waals surface area contributed by atoms with Crippen LogP contribution in [0.5, 0.6) is 0 Å². The van der Waals surface area contributed by atoms with Crippen molar-refractivity contribution in [3.05, 3.63) is 35.4 Å². The van der Waals surface area contributed by atoms with Gasteiger partial charge in [0.05, 0.1) is 0 Å². The molecule has 0 spiro atoms. The Morgan fingerprint density at radius 1 is 1.07 bits per heavy atom. The van der Waals surface area contributed by atoms with Crippen molar-refractivity contribution in [2.24, 2.45) is 5.41 Å². The zero-order valence-corrected chi connectivity index (χ0v) is 11.9. The lowest BCUT2D eigenvalue weighted by atomic mass is 9.88. The Labute approximate surface area is 103 Å². The van der Waals surface area contributed by atoms with E-state index in [9.17, 15) is 0 Å². The van der Waals surface area contributed by atoms with E-state index in [2.05, 4.69) is 70.0 Å². The summed E-state index contributed by atoms with van der Waals surface area (Å²) in [5, 5.41) is 2.05. The third kappa shape index (κ3) is 3.39. The molecule has 0 nitrogen and oxygen atoms in total. The van der Waals surface area contributed by atoms with Gasteiger partial charge in [-0.15, -0.1) is 0 Å². The van der Waals surface area contributed by atoms with Crippen molar-refractivity contribution in [3.63, 3.8) is 0 Å². The second-order valence-electron chi connectivity index (χ2n) is 4.24. The molecule has 0 saturated carbocycles. The molecule has 0 heterocycles. The Morgan fingerprint density at radius 3 is 2.00 bits per heavy atom. The molecule has 0 atom stereocenters. The van der Waals surface area contributed by atoms with Crippen molar-refractivity contribution in [2.45, 2.75) is 20.3 Å². The quantitative estimate of drug-likeness (QED) is 0.724. The summed E-state index contributed by atoms with van der Waals surface area (Å²) < 4.78 is 0. The lowest BCUT2D eigenvalue weighted by Crippen LogP contribution is -2.23. The molecule has 14 heavy (non-hydrogen) atoms. The zero-order chi connectivity index (χ0) is 10.6. The van der Waals surface area contributed by atoms with Gasteiger partial charge >= 0.3 is 0 Å². The highest BCUT2D eigenvalue weighted by Gasteiger charge is 2.21. The predicted molar refractivity (Wildman–Crippen MR) is 70.6 cm³/mol. The summed E-state index contributed by atoms with van der Waals surface area (Å²) in [5.74, 6) is 0. The van der Waals surface area contributed by atoms with Gasteiger partial charge in [-0.05, 0) is 24.3 Å². The fourth-order valence-electron chi connectivity index (χ4n) is 1.33. The molecule has 0 aromatic heterocycles. The SMILES string of the molecule is Cc1ccc(CC(C)(CBr)CBr)cc1. The maximum Gasteiger partial charge on any atom is 0.00965 e. The number of hydrogen-bond acceptors (Lipinski definition) is 0. The van der Waals surface area contributed by atoms with E-state index in [0.717, 1.165) is 17.1 Å². The molecule has 0 unspecified atom stereocenters. The Kier molecular flexibility index (Phi) is 4.65.